The van der Waals surface area contributed by atoms with E-state index in [0.717, 1.165) is 18.8 Å². The second-order valence-corrected chi connectivity index (χ2v) is 4.70. The lowest BCUT2D eigenvalue weighted by Gasteiger charge is -2.21. The van der Waals surface area contributed by atoms with Gasteiger partial charge in [-0.25, -0.2) is 0 Å². The minimum atomic E-state index is 0.689. The Balaban J connectivity index is 0.000000531. The van der Waals surface area contributed by atoms with Crippen LogP contribution in [0.4, 0.5) is 0 Å². The molecular weight excluding hydrogens is 227 g/mol. The summed E-state index contributed by atoms with van der Waals surface area (Å²) in [6.07, 6.45) is 3.56. The van der Waals surface area contributed by atoms with Crippen LogP contribution in [0.2, 0.25) is 10.0 Å². The second-order valence-electron chi connectivity index (χ2n) is 3.88. The van der Waals surface area contributed by atoms with Crippen molar-refractivity contribution in [2.45, 2.75) is 40.0 Å². The number of hydrogen-bond acceptors (Lipinski definition) is 0. The molecule has 0 spiro atoms. The van der Waals surface area contributed by atoms with Crippen molar-refractivity contribution in [2.75, 3.05) is 0 Å². The van der Waals surface area contributed by atoms with E-state index in [1.54, 1.807) is 0 Å². The van der Waals surface area contributed by atoms with Crippen molar-refractivity contribution >= 4 is 23.2 Å². The van der Waals surface area contributed by atoms with Gasteiger partial charge in [0.1, 0.15) is 0 Å². The fourth-order valence-corrected chi connectivity index (χ4v) is 2.30. The number of aryl methyl sites for hydroxylation is 1. The van der Waals surface area contributed by atoms with Crippen LogP contribution in [0.1, 0.15) is 38.3 Å². The lowest BCUT2D eigenvalue weighted by molar-refractivity contribution is 0.501. The van der Waals surface area contributed by atoms with Crippen LogP contribution in [0.15, 0.2) is 12.1 Å². The fourth-order valence-electron chi connectivity index (χ4n) is 1.93. The molecule has 2 heteroatoms. The maximum atomic E-state index is 5.96. The summed E-state index contributed by atoms with van der Waals surface area (Å²) in [5.74, 6) is 0.782. The van der Waals surface area contributed by atoms with E-state index in [-0.39, 0.29) is 0 Å². The minimum Gasteiger partial charge on any atom is -0.0827 e. The molecule has 0 nitrogen and oxygen atoms in total. The van der Waals surface area contributed by atoms with Crippen LogP contribution in [0, 0.1) is 5.92 Å². The Hall–Kier alpha value is -0.200. The molecule has 1 aliphatic carbocycles. The summed E-state index contributed by atoms with van der Waals surface area (Å²) in [5.41, 5.74) is 2.76. The Kier molecular flexibility index (Phi) is 4.95. The summed E-state index contributed by atoms with van der Waals surface area (Å²) in [6.45, 7) is 6.28. The first-order valence-corrected chi connectivity index (χ1v) is 6.39. The van der Waals surface area contributed by atoms with Crippen molar-refractivity contribution in [3.05, 3.63) is 33.3 Å². The van der Waals surface area contributed by atoms with E-state index in [1.165, 1.54) is 17.5 Å². The van der Waals surface area contributed by atoms with Crippen LogP contribution in [0.5, 0.6) is 0 Å². The summed E-state index contributed by atoms with van der Waals surface area (Å²) in [5, 5.41) is 1.38. The van der Waals surface area contributed by atoms with Crippen LogP contribution in [-0.4, -0.2) is 0 Å². The van der Waals surface area contributed by atoms with Gasteiger partial charge in [0, 0.05) is 0 Å². The third-order valence-electron chi connectivity index (χ3n) is 2.72. The molecule has 84 valence electrons. The zero-order chi connectivity index (χ0) is 11.4. The van der Waals surface area contributed by atoms with Crippen LogP contribution in [0.25, 0.3) is 0 Å². The van der Waals surface area contributed by atoms with Gasteiger partial charge in [0.2, 0.25) is 0 Å². The van der Waals surface area contributed by atoms with Crippen molar-refractivity contribution in [3.63, 3.8) is 0 Å². The Morgan fingerprint density at radius 1 is 1.07 bits per heavy atom. The molecule has 0 heterocycles. The standard InChI is InChI=1S/C11H12Cl2.C2H6/c1-7-2-3-8-5-10(12)11(13)6-9(8)4-7;1-2/h5-7H,2-4H2,1H3;1-2H3. The van der Waals surface area contributed by atoms with Crippen LogP contribution in [0.3, 0.4) is 0 Å². The zero-order valence-corrected chi connectivity index (χ0v) is 11.1. The van der Waals surface area contributed by atoms with E-state index in [9.17, 15) is 0 Å². The Morgan fingerprint density at radius 2 is 1.60 bits per heavy atom. The number of rotatable bonds is 0. The quantitative estimate of drug-likeness (QED) is 0.593. The predicted molar refractivity (Wildman–Crippen MR) is 69.0 cm³/mol. The highest BCUT2D eigenvalue weighted by atomic mass is 35.5. The Bertz CT molecular complexity index is 332. The molecule has 0 aliphatic heterocycles. The van der Waals surface area contributed by atoms with E-state index in [4.69, 9.17) is 23.2 Å². The van der Waals surface area contributed by atoms with E-state index < -0.39 is 0 Å². The van der Waals surface area contributed by atoms with Gasteiger partial charge >= 0.3 is 0 Å². The van der Waals surface area contributed by atoms with Gasteiger partial charge in [0.05, 0.1) is 10.0 Å². The highest BCUT2D eigenvalue weighted by Crippen LogP contribution is 2.32. The first-order valence-electron chi connectivity index (χ1n) is 5.63. The molecule has 0 saturated heterocycles. The first kappa shape index (κ1) is 12.9. The summed E-state index contributed by atoms with van der Waals surface area (Å²) < 4.78 is 0. The van der Waals surface area contributed by atoms with Gasteiger partial charge in [0.25, 0.3) is 0 Å². The van der Waals surface area contributed by atoms with Gasteiger partial charge in [-0.3, -0.25) is 0 Å². The average molecular weight is 245 g/mol. The van der Waals surface area contributed by atoms with Crippen molar-refractivity contribution in [2.24, 2.45) is 5.92 Å². The molecular formula is C13H18Cl2. The third kappa shape index (κ3) is 3.12. The van der Waals surface area contributed by atoms with E-state index in [1.807, 2.05) is 26.0 Å². The molecule has 1 atom stereocenters. The van der Waals surface area contributed by atoms with Gasteiger partial charge in [-0.15, -0.1) is 0 Å². The predicted octanol–water partition coefficient (Wildman–Crippen LogP) is 5.14. The largest absolute Gasteiger partial charge is 0.0827 e. The number of halogens is 2. The fraction of sp³-hybridized carbons (Fsp3) is 0.538. The Morgan fingerprint density at radius 3 is 2.20 bits per heavy atom. The molecule has 1 unspecified atom stereocenters. The summed E-state index contributed by atoms with van der Waals surface area (Å²) >= 11 is 11.9. The van der Waals surface area contributed by atoms with Crippen molar-refractivity contribution in [1.29, 1.82) is 0 Å². The second kappa shape index (κ2) is 5.77. The van der Waals surface area contributed by atoms with Crippen molar-refractivity contribution < 1.29 is 0 Å². The molecule has 0 radical (unpaired) electrons. The smallest absolute Gasteiger partial charge is 0.0595 e. The van der Waals surface area contributed by atoms with Crippen molar-refractivity contribution in [3.8, 4) is 0 Å². The van der Waals surface area contributed by atoms with Crippen LogP contribution >= 0.6 is 23.2 Å². The van der Waals surface area contributed by atoms with Crippen molar-refractivity contribution in [1.82, 2.24) is 0 Å². The number of benzene rings is 1. The highest BCUT2D eigenvalue weighted by molar-refractivity contribution is 6.42. The molecule has 0 saturated carbocycles. The molecule has 1 aromatic carbocycles. The van der Waals surface area contributed by atoms with Crippen LogP contribution in [-0.2, 0) is 12.8 Å². The topological polar surface area (TPSA) is 0 Å². The maximum absolute atomic E-state index is 5.96. The SMILES string of the molecule is CC.CC1CCc2cc(Cl)c(Cl)cc2C1. The lowest BCUT2D eigenvalue weighted by Crippen LogP contribution is -2.11. The Labute approximate surface area is 103 Å². The number of fused-ring (bicyclic) bond motifs is 1. The molecule has 0 fully saturated rings. The molecule has 2 rings (SSSR count). The van der Waals surface area contributed by atoms with Gasteiger partial charge < -0.3 is 0 Å². The molecule has 0 aromatic heterocycles. The van der Waals surface area contributed by atoms with Gasteiger partial charge in [0.15, 0.2) is 0 Å². The minimum absolute atomic E-state index is 0.689. The van der Waals surface area contributed by atoms with Gasteiger partial charge in [-0.1, -0.05) is 44.0 Å². The van der Waals surface area contributed by atoms with E-state index in [2.05, 4.69) is 6.92 Å². The third-order valence-corrected chi connectivity index (χ3v) is 3.44. The van der Waals surface area contributed by atoms with Gasteiger partial charge in [-0.05, 0) is 48.4 Å². The maximum Gasteiger partial charge on any atom is 0.0595 e. The number of hydrogen-bond donors (Lipinski definition) is 0. The van der Waals surface area contributed by atoms with E-state index in [0.29, 0.717) is 10.0 Å². The summed E-state index contributed by atoms with van der Waals surface area (Å²) in [4.78, 5) is 0. The van der Waals surface area contributed by atoms with Gasteiger partial charge in [-0.2, -0.15) is 0 Å². The summed E-state index contributed by atoms with van der Waals surface area (Å²) in [6, 6.07) is 4.04. The molecule has 1 aliphatic rings. The van der Waals surface area contributed by atoms with E-state index >= 15 is 0 Å². The zero-order valence-electron chi connectivity index (χ0n) is 9.61. The molecule has 0 amide bonds. The molecule has 1 aromatic rings. The highest BCUT2D eigenvalue weighted by Gasteiger charge is 2.16. The monoisotopic (exact) mass is 244 g/mol. The first-order chi connectivity index (χ1) is 7.16. The molecule has 0 bridgehead atoms. The molecule has 0 N–H and O–H groups in total. The lowest BCUT2D eigenvalue weighted by atomic mass is 9.85. The van der Waals surface area contributed by atoms with Crippen LogP contribution < -0.4 is 0 Å². The summed E-state index contributed by atoms with van der Waals surface area (Å²) in [7, 11) is 0. The molecule has 15 heavy (non-hydrogen) atoms. The average Bonchev–Trinajstić information content (AvgIpc) is 2.23. The normalized spacial score (nSPS) is 18.9.